The predicted molar refractivity (Wildman–Crippen MR) is 172 cm³/mol. The third-order valence-electron chi connectivity index (χ3n) is 7.14. The van der Waals surface area contributed by atoms with Crippen LogP contribution in [-0.2, 0) is 9.53 Å². The van der Waals surface area contributed by atoms with E-state index in [4.69, 9.17) is 62.7 Å². The van der Waals surface area contributed by atoms with Crippen LogP contribution in [0.4, 0.5) is 0 Å². The quantitative estimate of drug-likeness (QED) is 0.0484. The fraction of sp³-hybridized carbons (Fsp3) is 0.968. The number of esters is 1. The van der Waals surface area contributed by atoms with Crippen LogP contribution in [0.3, 0.4) is 0 Å². The molecule has 0 saturated carbocycles. The number of rotatable bonds is 28. The van der Waals surface area contributed by atoms with Crippen molar-refractivity contribution in [1.82, 2.24) is 0 Å². The molecule has 0 aromatic rings. The fourth-order valence-electron chi connectivity index (χ4n) is 4.70. The van der Waals surface area contributed by atoms with Crippen LogP contribution in [-0.4, -0.2) is 39.5 Å². The summed E-state index contributed by atoms with van der Waals surface area (Å²) in [4.78, 5) is 12.0. The molecule has 0 rings (SSSR count). The maximum atomic E-state index is 12.0. The first-order valence-electron chi connectivity index (χ1n) is 15.6. The highest BCUT2D eigenvalue weighted by Crippen LogP contribution is 2.25. The standard InChI is InChI=1S/C31H57Cl5O2/c1-3-4-5-6-7-8-9-10-11-12-13-14-15-21-31(37)38-24-17-19-27(33)22-23-30(36)29(35)20-16-18-28(34)25-26(2)32/h26-30H,3-25H2,1-2H3. The Balaban J connectivity index is 3.55. The van der Waals surface area contributed by atoms with Crippen molar-refractivity contribution in [3.63, 3.8) is 0 Å². The molecule has 38 heavy (non-hydrogen) atoms. The maximum absolute atomic E-state index is 12.0. The van der Waals surface area contributed by atoms with Gasteiger partial charge >= 0.3 is 5.97 Å². The lowest BCUT2D eigenvalue weighted by molar-refractivity contribution is -0.143. The molecule has 5 unspecified atom stereocenters. The fourth-order valence-corrected chi connectivity index (χ4v) is 6.24. The Kier molecular flexibility index (Phi) is 28.7. The average Bonchev–Trinajstić information content (AvgIpc) is 2.87. The summed E-state index contributed by atoms with van der Waals surface area (Å²) in [5.41, 5.74) is 0. The van der Waals surface area contributed by atoms with Crippen molar-refractivity contribution < 1.29 is 9.53 Å². The molecule has 0 spiro atoms. The predicted octanol–water partition coefficient (Wildman–Crippen LogP) is 12.2. The van der Waals surface area contributed by atoms with Crippen LogP contribution in [0, 0.1) is 0 Å². The molecule has 0 aliphatic rings. The number of unbranched alkanes of at least 4 members (excludes halogenated alkanes) is 12. The summed E-state index contributed by atoms with van der Waals surface area (Å²) in [7, 11) is 0. The van der Waals surface area contributed by atoms with Gasteiger partial charge in [0, 0.05) is 33.3 Å². The molecule has 0 aromatic carbocycles. The van der Waals surface area contributed by atoms with E-state index in [1.54, 1.807) is 0 Å². The van der Waals surface area contributed by atoms with Gasteiger partial charge in [0.15, 0.2) is 0 Å². The van der Waals surface area contributed by atoms with Crippen molar-refractivity contribution in [2.24, 2.45) is 0 Å². The minimum atomic E-state index is -0.100. The molecule has 228 valence electrons. The number of carbonyl (C=O) groups is 1. The highest BCUT2D eigenvalue weighted by atomic mass is 35.5. The van der Waals surface area contributed by atoms with Crippen LogP contribution in [0.5, 0.6) is 0 Å². The Labute approximate surface area is 260 Å². The van der Waals surface area contributed by atoms with Crippen LogP contribution in [0.25, 0.3) is 0 Å². The summed E-state index contributed by atoms with van der Waals surface area (Å²) in [6.07, 6.45) is 24.2. The van der Waals surface area contributed by atoms with Crippen LogP contribution in [0.15, 0.2) is 0 Å². The van der Waals surface area contributed by atoms with Gasteiger partial charge in [-0.2, -0.15) is 0 Å². The number of alkyl halides is 5. The molecule has 0 amide bonds. The van der Waals surface area contributed by atoms with Gasteiger partial charge in [-0.25, -0.2) is 0 Å². The SMILES string of the molecule is CCCCCCCCCCCCCCCC(=O)OCCCC(Cl)CCC(Cl)C(Cl)CCCC(Cl)CC(C)Cl. The van der Waals surface area contributed by atoms with E-state index in [2.05, 4.69) is 6.92 Å². The topological polar surface area (TPSA) is 26.3 Å². The van der Waals surface area contributed by atoms with Crippen molar-refractivity contribution in [3.8, 4) is 0 Å². The smallest absolute Gasteiger partial charge is 0.305 e. The molecular formula is C31H57Cl5O2. The summed E-state index contributed by atoms with van der Waals surface area (Å²) in [5.74, 6) is -0.0790. The largest absolute Gasteiger partial charge is 0.466 e. The molecule has 2 nitrogen and oxygen atoms in total. The zero-order chi connectivity index (χ0) is 28.4. The van der Waals surface area contributed by atoms with E-state index in [9.17, 15) is 4.79 Å². The van der Waals surface area contributed by atoms with Crippen molar-refractivity contribution in [2.45, 2.75) is 182 Å². The molecule has 0 bridgehead atoms. The number of hydrogen-bond acceptors (Lipinski definition) is 2. The minimum absolute atomic E-state index is 0.0253. The van der Waals surface area contributed by atoms with Gasteiger partial charge in [0.25, 0.3) is 0 Å². The van der Waals surface area contributed by atoms with Gasteiger partial charge in [0.05, 0.1) is 6.61 Å². The zero-order valence-electron chi connectivity index (χ0n) is 24.4. The van der Waals surface area contributed by atoms with Crippen molar-refractivity contribution in [3.05, 3.63) is 0 Å². The molecule has 0 heterocycles. The maximum Gasteiger partial charge on any atom is 0.305 e. The average molecular weight is 639 g/mol. The summed E-state index contributed by atoms with van der Waals surface area (Å²) in [6, 6.07) is 0. The highest BCUT2D eigenvalue weighted by Gasteiger charge is 2.19. The van der Waals surface area contributed by atoms with E-state index >= 15 is 0 Å². The van der Waals surface area contributed by atoms with Crippen LogP contribution < -0.4 is 0 Å². The van der Waals surface area contributed by atoms with Crippen molar-refractivity contribution in [2.75, 3.05) is 6.61 Å². The summed E-state index contributed by atoms with van der Waals surface area (Å²) in [5, 5.41) is 0.0344. The van der Waals surface area contributed by atoms with Crippen molar-refractivity contribution in [1.29, 1.82) is 0 Å². The Hall–Kier alpha value is 0.920. The molecule has 0 radical (unpaired) electrons. The summed E-state index contributed by atoms with van der Waals surface area (Å²) in [6.45, 7) is 4.68. The van der Waals surface area contributed by atoms with Gasteiger partial charge in [-0.1, -0.05) is 90.4 Å². The lowest BCUT2D eigenvalue weighted by Crippen LogP contribution is -2.17. The Morgan fingerprint density at radius 2 is 1.08 bits per heavy atom. The molecule has 7 heteroatoms. The molecule has 5 atom stereocenters. The van der Waals surface area contributed by atoms with Crippen LogP contribution in [0.2, 0.25) is 0 Å². The molecule has 0 aliphatic heterocycles. The Morgan fingerprint density at radius 3 is 1.63 bits per heavy atom. The number of halogens is 5. The van der Waals surface area contributed by atoms with Gasteiger partial charge in [0.1, 0.15) is 0 Å². The monoisotopic (exact) mass is 636 g/mol. The molecule has 0 N–H and O–H groups in total. The second kappa shape index (κ2) is 28.1. The number of ether oxygens (including phenoxy) is 1. The van der Waals surface area contributed by atoms with Crippen LogP contribution >= 0.6 is 58.0 Å². The van der Waals surface area contributed by atoms with E-state index < -0.39 is 0 Å². The van der Waals surface area contributed by atoms with Crippen molar-refractivity contribution >= 4 is 64.0 Å². The first-order chi connectivity index (χ1) is 18.3. The van der Waals surface area contributed by atoms with E-state index in [-0.39, 0.29) is 32.9 Å². The van der Waals surface area contributed by atoms with Crippen LogP contribution in [0.1, 0.15) is 155 Å². The van der Waals surface area contributed by atoms with E-state index in [1.807, 2.05) is 6.92 Å². The van der Waals surface area contributed by atoms with Gasteiger partial charge in [-0.15, -0.1) is 58.0 Å². The normalized spacial score (nSPS) is 15.7. The third kappa shape index (κ3) is 27.1. The second-order valence-corrected chi connectivity index (χ2v) is 14.2. The second-order valence-electron chi connectivity index (χ2n) is 11.1. The van der Waals surface area contributed by atoms with E-state index in [0.29, 0.717) is 13.0 Å². The minimum Gasteiger partial charge on any atom is -0.466 e. The Bertz CT molecular complexity index is 520. The molecule has 0 aromatic heterocycles. The molecule has 0 aliphatic carbocycles. The molecule has 0 fully saturated rings. The van der Waals surface area contributed by atoms with Gasteiger partial charge in [0.2, 0.25) is 0 Å². The Morgan fingerprint density at radius 1 is 0.579 bits per heavy atom. The first-order valence-corrected chi connectivity index (χ1v) is 17.8. The number of hydrogen-bond donors (Lipinski definition) is 0. The molecule has 0 saturated heterocycles. The summed E-state index contributed by atoms with van der Waals surface area (Å²) >= 11 is 31.7. The number of carbonyl (C=O) groups excluding carboxylic acids is 1. The molecular weight excluding hydrogens is 582 g/mol. The third-order valence-corrected chi connectivity index (χ3v) is 9.32. The first kappa shape index (κ1) is 38.9. The highest BCUT2D eigenvalue weighted by molar-refractivity contribution is 6.30. The van der Waals surface area contributed by atoms with Gasteiger partial charge < -0.3 is 4.74 Å². The summed E-state index contributed by atoms with van der Waals surface area (Å²) < 4.78 is 5.39. The van der Waals surface area contributed by atoms with Gasteiger partial charge in [-0.3, -0.25) is 4.79 Å². The van der Waals surface area contributed by atoms with E-state index in [0.717, 1.165) is 64.2 Å². The van der Waals surface area contributed by atoms with E-state index in [1.165, 1.54) is 70.6 Å². The lowest BCUT2D eigenvalue weighted by atomic mass is 10.0. The zero-order valence-corrected chi connectivity index (χ0v) is 28.1. The lowest BCUT2D eigenvalue weighted by Gasteiger charge is -2.18. The van der Waals surface area contributed by atoms with Gasteiger partial charge in [-0.05, 0) is 58.3 Å².